The third-order valence-electron chi connectivity index (χ3n) is 6.33. The minimum Gasteiger partial charge on any atom is -0.378 e. The maximum absolute atomic E-state index is 13.0. The predicted molar refractivity (Wildman–Crippen MR) is 119 cm³/mol. The lowest BCUT2D eigenvalue weighted by Gasteiger charge is -2.26. The van der Waals surface area contributed by atoms with E-state index in [0.29, 0.717) is 13.2 Å². The molecule has 2 aliphatic heterocycles. The molecule has 31 heavy (non-hydrogen) atoms. The van der Waals surface area contributed by atoms with Crippen molar-refractivity contribution in [3.05, 3.63) is 76.8 Å². The highest BCUT2D eigenvalue weighted by atomic mass is 16.5. The lowest BCUT2D eigenvalue weighted by Crippen LogP contribution is -2.37. The van der Waals surface area contributed by atoms with Gasteiger partial charge in [-0.25, -0.2) is 14.6 Å². The summed E-state index contributed by atoms with van der Waals surface area (Å²) in [5.74, 6) is 0.734. The SMILES string of the molecule is O=c1c2ccc(-c3cnc(N4CCOCC4)nc3)cc2n2n1CCC2c1ccccc1. The third kappa shape index (κ3) is 3.04. The van der Waals surface area contributed by atoms with E-state index in [0.717, 1.165) is 54.0 Å². The van der Waals surface area contributed by atoms with E-state index in [1.165, 1.54) is 5.56 Å². The van der Waals surface area contributed by atoms with E-state index >= 15 is 0 Å². The van der Waals surface area contributed by atoms with Gasteiger partial charge in [-0.15, -0.1) is 0 Å². The summed E-state index contributed by atoms with van der Waals surface area (Å²) < 4.78 is 9.45. The molecule has 6 rings (SSSR count). The fraction of sp³-hybridized carbons (Fsp3) is 0.292. The van der Waals surface area contributed by atoms with E-state index in [2.05, 4.69) is 49.9 Å². The van der Waals surface area contributed by atoms with E-state index < -0.39 is 0 Å². The molecule has 0 saturated carbocycles. The summed E-state index contributed by atoms with van der Waals surface area (Å²) in [6.45, 7) is 3.77. The van der Waals surface area contributed by atoms with Crippen molar-refractivity contribution in [2.75, 3.05) is 31.2 Å². The maximum Gasteiger partial charge on any atom is 0.274 e. The standard InChI is InChI=1S/C24H23N5O2/c30-23-20-7-6-18(19-15-25-24(26-16-19)27-10-12-31-13-11-27)14-22(20)29-21(8-9-28(23)29)17-4-2-1-3-5-17/h1-7,14-16,21H,8-13H2. The summed E-state index contributed by atoms with van der Waals surface area (Å²) in [6.07, 6.45) is 4.66. The number of ether oxygens (including phenoxy) is 1. The van der Waals surface area contributed by atoms with Crippen molar-refractivity contribution in [1.82, 2.24) is 19.3 Å². The van der Waals surface area contributed by atoms with Gasteiger partial charge in [0.2, 0.25) is 5.95 Å². The number of nitrogens with zero attached hydrogens (tertiary/aromatic N) is 5. The fourth-order valence-corrected chi connectivity index (χ4v) is 4.74. The van der Waals surface area contributed by atoms with Gasteiger partial charge in [0.15, 0.2) is 0 Å². The van der Waals surface area contributed by atoms with Crippen LogP contribution >= 0.6 is 0 Å². The highest BCUT2D eigenvalue weighted by Gasteiger charge is 2.27. The normalized spacial score (nSPS) is 18.5. The van der Waals surface area contributed by atoms with Gasteiger partial charge in [-0.3, -0.25) is 9.48 Å². The van der Waals surface area contributed by atoms with Gasteiger partial charge in [0, 0.05) is 37.6 Å². The van der Waals surface area contributed by atoms with Gasteiger partial charge in [0.25, 0.3) is 5.56 Å². The molecule has 7 heteroatoms. The topological polar surface area (TPSA) is 65.2 Å². The highest BCUT2D eigenvalue weighted by molar-refractivity contribution is 5.84. The second-order valence-electron chi connectivity index (χ2n) is 8.09. The Balaban J connectivity index is 1.40. The summed E-state index contributed by atoms with van der Waals surface area (Å²) in [4.78, 5) is 24.3. The Morgan fingerprint density at radius 2 is 1.68 bits per heavy atom. The molecular formula is C24H23N5O2. The molecular weight excluding hydrogens is 390 g/mol. The molecule has 2 aromatic carbocycles. The second kappa shape index (κ2) is 7.35. The molecule has 0 amide bonds. The van der Waals surface area contributed by atoms with Crippen LogP contribution in [0.15, 0.2) is 65.7 Å². The third-order valence-corrected chi connectivity index (χ3v) is 6.33. The van der Waals surface area contributed by atoms with Crippen molar-refractivity contribution in [1.29, 1.82) is 0 Å². The van der Waals surface area contributed by atoms with E-state index in [1.807, 2.05) is 35.3 Å². The number of hydrogen-bond acceptors (Lipinski definition) is 5. The van der Waals surface area contributed by atoms with Crippen molar-refractivity contribution in [3.63, 3.8) is 0 Å². The molecule has 0 spiro atoms. The zero-order valence-corrected chi connectivity index (χ0v) is 17.1. The molecule has 0 radical (unpaired) electrons. The van der Waals surface area contributed by atoms with E-state index in [4.69, 9.17) is 4.74 Å². The van der Waals surface area contributed by atoms with Gasteiger partial charge in [-0.2, -0.15) is 0 Å². The molecule has 4 aromatic rings. The molecule has 156 valence electrons. The summed E-state index contributed by atoms with van der Waals surface area (Å²) >= 11 is 0. The first-order valence-corrected chi connectivity index (χ1v) is 10.7. The van der Waals surface area contributed by atoms with Gasteiger partial charge < -0.3 is 9.64 Å². The number of benzene rings is 2. The number of hydrogen-bond donors (Lipinski definition) is 0. The summed E-state index contributed by atoms with van der Waals surface area (Å²) in [5.41, 5.74) is 4.24. The molecule has 1 fully saturated rings. The number of morpholine rings is 1. The lowest BCUT2D eigenvalue weighted by atomic mass is 10.0. The van der Waals surface area contributed by atoms with E-state index in [1.54, 1.807) is 0 Å². The number of aromatic nitrogens is 4. The number of fused-ring (bicyclic) bond motifs is 3. The van der Waals surface area contributed by atoms with Gasteiger partial charge in [0.1, 0.15) is 0 Å². The monoisotopic (exact) mass is 413 g/mol. The molecule has 0 aliphatic carbocycles. The molecule has 1 saturated heterocycles. The van der Waals surface area contributed by atoms with Crippen LogP contribution in [0.5, 0.6) is 0 Å². The molecule has 0 bridgehead atoms. The predicted octanol–water partition coefficient (Wildman–Crippen LogP) is 3.09. The summed E-state index contributed by atoms with van der Waals surface area (Å²) in [5, 5.41) is 0.759. The molecule has 2 aromatic heterocycles. The van der Waals surface area contributed by atoms with Crippen LogP contribution in [0.1, 0.15) is 18.0 Å². The molecule has 7 nitrogen and oxygen atoms in total. The van der Waals surface area contributed by atoms with Crippen LogP contribution in [0, 0.1) is 0 Å². The van der Waals surface area contributed by atoms with Crippen molar-refractivity contribution in [2.45, 2.75) is 19.0 Å². The smallest absolute Gasteiger partial charge is 0.274 e. The Morgan fingerprint density at radius 3 is 2.45 bits per heavy atom. The number of anilines is 1. The molecule has 2 aliphatic rings. The largest absolute Gasteiger partial charge is 0.378 e. The van der Waals surface area contributed by atoms with Gasteiger partial charge in [-0.1, -0.05) is 36.4 Å². The van der Waals surface area contributed by atoms with Crippen molar-refractivity contribution in [3.8, 4) is 11.1 Å². The van der Waals surface area contributed by atoms with Crippen LogP contribution in [0.2, 0.25) is 0 Å². The molecule has 0 N–H and O–H groups in total. The average molecular weight is 413 g/mol. The Hall–Kier alpha value is -3.45. The Morgan fingerprint density at radius 1 is 0.903 bits per heavy atom. The first-order chi connectivity index (χ1) is 15.3. The molecule has 1 unspecified atom stereocenters. The van der Waals surface area contributed by atoms with Crippen LogP contribution in [0.25, 0.3) is 22.0 Å². The minimum absolute atomic E-state index is 0.0823. The van der Waals surface area contributed by atoms with E-state index in [-0.39, 0.29) is 11.6 Å². The van der Waals surface area contributed by atoms with Crippen LogP contribution in [0.3, 0.4) is 0 Å². The zero-order valence-electron chi connectivity index (χ0n) is 17.1. The lowest BCUT2D eigenvalue weighted by molar-refractivity contribution is 0.122. The highest BCUT2D eigenvalue weighted by Crippen LogP contribution is 2.33. The minimum atomic E-state index is 0.0823. The van der Waals surface area contributed by atoms with Crippen molar-refractivity contribution >= 4 is 16.9 Å². The molecule has 1 atom stereocenters. The van der Waals surface area contributed by atoms with E-state index in [9.17, 15) is 4.79 Å². The average Bonchev–Trinajstić information content (AvgIpc) is 3.40. The Bertz CT molecular complexity index is 1290. The summed E-state index contributed by atoms with van der Waals surface area (Å²) in [7, 11) is 0. The van der Waals surface area contributed by atoms with Gasteiger partial charge in [-0.05, 0) is 29.7 Å². The van der Waals surface area contributed by atoms with Crippen LogP contribution < -0.4 is 10.5 Å². The van der Waals surface area contributed by atoms with Crippen LogP contribution in [-0.2, 0) is 11.3 Å². The van der Waals surface area contributed by atoms with Gasteiger partial charge in [0.05, 0.1) is 30.2 Å². The van der Waals surface area contributed by atoms with Gasteiger partial charge >= 0.3 is 0 Å². The first-order valence-electron chi connectivity index (χ1n) is 10.7. The summed E-state index contributed by atoms with van der Waals surface area (Å²) in [6, 6.07) is 16.6. The first kappa shape index (κ1) is 18.3. The maximum atomic E-state index is 13.0. The Labute approximate surface area is 179 Å². The van der Waals surface area contributed by atoms with Crippen LogP contribution in [0.4, 0.5) is 5.95 Å². The quantitative estimate of drug-likeness (QED) is 0.516. The van der Waals surface area contributed by atoms with Crippen molar-refractivity contribution < 1.29 is 4.74 Å². The zero-order chi connectivity index (χ0) is 20.8. The van der Waals surface area contributed by atoms with Crippen LogP contribution in [-0.4, -0.2) is 45.6 Å². The molecule has 4 heterocycles. The van der Waals surface area contributed by atoms with Crippen molar-refractivity contribution in [2.24, 2.45) is 0 Å². The number of rotatable bonds is 3. The second-order valence-corrected chi connectivity index (χ2v) is 8.09. The Kier molecular flexibility index (Phi) is 4.35. The fourth-order valence-electron chi connectivity index (χ4n) is 4.74.